The Morgan fingerprint density at radius 1 is 1.62 bits per heavy atom. The van der Waals surface area contributed by atoms with E-state index in [2.05, 4.69) is 19.9 Å². The molecule has 0 aromatic carbocycles. The number of hydrogen-bond donors (Lipinski definition) is 2. The van der Waals surface area contributed by atoms with Gasteiger partial charge < -0.3 is 0 Å². The van der Waals surface area contributed by atoms with Crippen molar-refractivity contribution in [2.75, 3.05) is 14.1 Å². The topological polar surface area (TPSA) is 91.0 Å². The largest absolute Gasteiger partial charge is 0.279 e. The van der Waals surface area contributed by atoms with Gasteiger partial charge >= 0.3 is 0 Å². The minimum Gasteiger partial charge on any atom is -0.262 e. The molecular weight excluding hydrogens is 194 g/mol. The number of hydrogen-bond acceptors (Lipinski definition) is 4. The van der Waals surface area contributed by atoms with Crippen molar-refractivity contribution in [3.8, 4) is 0 Å². The first-order valence-electron chi connectivity index (χ1n) is 3.54. The fraction of sp³-hybridized carbons (Fsp3) is 0.600. The molecule has 0 aliphatic rings. The van der Waals surface area contributed by atoms with Crippen LogP contribution in [0.25, 0.3) is 0 Å². The van der Waals surface area contributed by atoms with Gasteiger partial charge in [-0.25, -0.2) is 4.98 Å². The molecule has 1 aromatic heterocycles. The van der Waals surface area contributed by atoms with Crippen molar-refractivity contribution >= 4 is 10.2 Å². The Morgan fingerprint density at radius 3 is 2.77 bits per heavy atom. The molecule has 0 spiro atoms. The number of aromatic nitrogens is 3. The molecular formula is C5H11N5O2S. The van der Waals surface area contributed by atoms with E-state index in [1.54, 1.807) is 0 Å². The molecule has 1 aromatic rings. The molecule has 8 heteroatoms. The van der Waals surface area contributed by atoms with Gasteiger partial charge in [0.25, 0.3) is 10.2 Å². The SMILES string of the molecule is CN(C)S(=O)(=O)NCc1ncn[nH]1. The highest BCUT2D eigenvalue weighted by Gasteiger charge is 2.12. The molecule has 0 atom stereocenters. The van der Waals surface area contributed by atoms with Crippen molar-refractivity contribution in [2.24, 2.45) is 0 Å². The van der Waals surface area contributed by atoms with Crippen molar-refractivity contribution in [3.05, 3.63) is 12.2 Å². The quantitative estimate of drug-likeness (QED) is 0.639. The average molecular weight is 205 g/mol. The lowest BCUT2D eigenvalue weighted by Gasteiger charge is -2.10. The summed E-state index contributed by atoms with van der Waals surface area (Å²) >= 11 is 0. The summed E-state index contributed by atoms with van der Waals surface area (Å²) < 4.78 is 25.8. The van der Waals surface area contributed by atoms with Crippen molar-refractivity contribution in [2.45, 2.75) is 6.54 Å². The van der Waals surface area contributed by atoms with Crippen LogP contribution >= 0.6 is 0 Å². The van der Waals surface area contributed by atoms with Gasteiger partial charge in [0.2, 0.25) is 0 Å². The first kappa shape index (κ1) is 10.1. The van der Waals surface area contributed by atoms with Crippen LogP contribution in [0.5, 0.6) is 0 Å². The number of rotatable bonds is 4. The second-order valence-corrected chi connectivity index (χ2v) is 4.51. The second kappa shape index (κ2) is 3.81. The third kappa shape index (κ3) is 2.76. The van der Waals surface area contributed by atoms with Crippen LogP contribution in [0.1, 0.15) is 5.82 Å². The molecule has 0 amide bonds. The number of aromatic amines is 1. The molecule has 0 unspecified atom stereocenters. The van der Waals surface area contributed by atoms with E-state index in [0.717, 1.165) is 4.31 Å². The minimum absolute atomic E-state index is 0.112. The molecule has 0 bridgehead atoms. The predicted octanol–water partition coefficient (Wildman–Crippen LogP) is -1.30. The van der Waals surface area contributed by atoms with Crippen molar-refractivity contribution < 1.29 is 8.42 Å². The highest BCUT2D eigenvalue weighted by molar-refractivity contribution is 7.87. The van der Waals surface area contributed by atoms with Gasteiger partial charge in [-0.05, 0) is 0 Å². The molecule has 13 heavy (non-hydrogen) atoms. The molecule has 1 rings (SSSR count). The standard InChI is InChI=1S/C5H11N5O2S/c1-10(2)13(11,12)8-3-5-6-4-7-9-5/h4,8H,3H2,1-2H3,(H,6,7,9). The molecule has 7 nitrogen and oxygen atoms in total. The van der Waals surface area contributed by atoms with Gasteiger partial charge in [-0.3, -0.25) is 5.10 Å². The Bertz CT molecular complexity index is 343. The fourth-order valence-corrected chi connectivity index (χ4v) is 1.18. The maximum absolute atomic E-state index is 11.2. The Hall–Kier alpha value is -0.990. The summed E-state index contributed by atoms with van der Waals surface area (Å²) in [5, 5.41) is 6.13. The van der Waals surface area contributed by atoms with Gasteiger partial charge in [-0.15, -0.1) is 0 Å². The van der Waals surface area contributed by atoms with Crippen LogP contribution in [-0.2, 0) is 16.8 Å². The van der Waals surface area contributed by atoms with Crippen LogP contribution in [0.4, 0.5) is 0 Å². The monoisotopic (exact) mass is 205 g/mol. The van der Waals surface area contributed by atoms with E-state index in [1.807, 2.05) is 0 Å². The summed E-state index contributed by atoms with van der Waals surface area (Å²) in [6.07, 6.45) is 1.32. The first-order chi connectivity index (χ1) is 6.02. The first-order valence-corrected chi connectivity index (χ1v) is 4.98. The van der Waals surface area contributed by atoms with Gasteiger partial charge in [0, 0.05) is 14.1 Å². The van der Waals surface area contributed by atoms with Crippen LogP contribution in [0, 0.1) is 0 Å². The summed E-state index contributed by atoms with van der Waals surface area (Å²) in [7, 11) is -0.484. The smallest absolute Gasteiger partial charge is 0.262 e. The van der Waals surface area contributed by atoms with E-state index in [0.29, 0.717) is 5.82 Å². The normalized spacial score (nSPS) is 12.2. The van der Waals surface area contributed by atoms with Crippen LogP contribution in [-0.4, -0.2) is 42.0 Å². The number of H-pyrrole nitrogens is 1. The van der Waals surface area contributed by atoms with Gasteiger partial charge in [0.05, 0.1) is 6.54 Å². The average Bonchev–Trinajstić information content (AvgIpc) is 2.52. The van der Waals surface area contributed by atoms with Crippen LogP contribution in [0.3, 0.4) is 0 Å². The molecule has 0 fully saturated rings. The summed E-state index contributed by atoms with van der Waals surface area (Å²) in [6.45, 7) is 0.112. The molecule has 0 aliphatic heterocycles. The van der Waals surface area contributed by atoms with E-state index in [-0.39, 0.29) is 6.54 Å². The lowest BCUT2D eigenvalue weighted by atomic mass is 10.6. The zero-order valence-electron chi connectivity index (χ0n) is 7.35. The Labute approximate surface area is 76.3 Å². The van der Waals surface area contributed by atoms with Gasteiger partial charge in [0.15, 0.2) is 0 Å². The summed E-state index contributed by atoms with van der Waals surface area (Å²) in [5.74, 6) is 0.477. The Balaban J connectivity index is 2.53. The van der Waals surface area contributed by atoms with Gasteiger partial charge in [-0.2, -0.15) is 22.5 Å². The number of nitrogens with zero attached hydrogens (tertiary/aromatic N) is 3. The van der Waals surface area contributed by atoms with E-state index in [4.69, 9.17) is 0 Å². The van der Waals surface area contributed by atoms with Crippen LogP contribution in [0.2, 0.25) is 0 Å². The molecule has 0 radical (unpaired) electrons. The molecule has 0 aliphatic carbocycles. The minimum atomic E-state index is -3.38. The van der Waals surface area contributed by atoms with Gasteiger partial charge in [-0.1, -0.05) is 0 Å². The fourth-order valence-electron chi connectivity index (χ4n) is 0.605. The van der Waals surface area contributed by atoms with E-state index >= 15 is 0 Å². The highest BCUT2D eigenvalue weighted by atomic mass is 32.2. The predicted molar refractivity (Wildman–Crippen MR) is 45.8 cm³/mol. The summed E-state index contributed by atoms with van der Waals surface area (Å²) in [5.41, 5.74) is 0. The molecule has 74 valence electrons. The van der Waals surface area contributed by atoms with Gasteiger partial charge in [0.1, 0.15) is 12.2 Å². The van der Waals surface area contributed by atoms with Crippen LogP contribution < -0.4 is 4.72 Å². The van der Waals surface area contributed by atoms with E-state index in [1.165, 1.54) is 20.4 Å². The van der Waals surface area contributed by atoms with Crippen molar-refractivity contribution in [1.82, 2.24) is 24.2 Å². The second-order valence-electron chi connectivity index (χ2n) is 2.54. The Kier molecular flexibility index (Phi) is 2.96. The Morgan fingerprint density at radius 2 is 2.31 bits per heavy atom. The maximum Gasteiger partial charge on any atom is 0.279 e. The lowest BCUT2D eigenvalue weighted by molar-refractivity contribution is 0.504. The molecule has 0 saturated heterocycles. The third-order valence-electron chi connectivity index (χ3n) is 1.37. The van der Waals surface area contributed by atoms with E-state index < -0.39 is 10.2 Å². The summed E-state index contributed by atoms with van der Waals surface area (Å²) in [4.78, 5) is 3.77. The van der Waals surface area contributed by atoms with Crippen LogP contribution in [0.15, 0.2) is 6.33 Å². The number of nitrogens with one attached hydrogen (secondary N) is 2. The molecule has 1 heterocycles. The zero-order valence-corrected chi connectivity index (χ0v) is 8.17. The van der Waals surface area contributed by atoms with Crippen molar-refractivity contribution in [3.63, 3.8) is 0 Å². The zero-order chi connectivity index (χ0) is 9.90. The summed E-state index contributed by atoms with van der Waals surface area (Å²) in [6, 6.07) is 0. The molecule has 0 saturated carbocycles. The van der Waals surface area contributed by atoms with E-state index in [9.17, 15) is 8.42 Å². The highest BCUT2D eigenvalue weighted by Crippen LogP contribution is 1.91. The maximum atomic E-state index is 11.2. The lowest BCUT2D eigenvalue weighted by Crippen LogP contribution is -2.35. The third-order valence-corrected chi connectivity index (χ3v) is 2.84. The van der Waals surface area contributed by atoms with Crippen molar-refractivity contribution in [1.29, 1.82) is 0 Å². The molecule has 2 N–H and O–H groups in total.